The van der Waals surface area contributed by atoms with Gasteiger partial charge in [-0.1, -0.05) is 30.0 Å². The Labute approximate surface area is 130 Å². The van der Waals surface area contributed by atoms with Gasteiger partial charge in [-0.05, 0) is 11.6 Å². The van der Waals surface area contributed by atoms with E-state index in [1.54, 1.807) is 18.2 Å². The third-order valence-corrected chi connectivity index (χ3v) is 6.23. The summed E-state index contributed by atoms with van der Waals surface area (Å²) in [4.78, 5) is 3.00. The molecule has 2 heterocycles. The number of amidine groups is 1. The van der Waals surface area contributed by atoms with Crippen molar-refractivity contribution in [2.75, 3.05) is 12.4 Å². The molecule has 7 heteroatoms. The van der Waals surface area contributed by atoms with Crippen molar-refractivity contribution in [1.82, 2.24) is 0 Å². The van der Waals surface area contributed by atoms with E-state index < -0.39 is 27.6 Å². The Bertz CT molecular complexity index is 791. The van der Waals surface area contributed by atoms with Crippen LogP contribution < -0.4 is 10.7 Å². The van der Waals surface area contributed by atoms with Crippen LogP contribution in [-0.4, -0.2) is 23.3 Å². The van der Waals surface area contributed by atoms with Gasteiger partial charge in [0.2, 0.25) is 0 Å². The van der Waals surface area contributed by atoms with Gasteiger partial charge in [0.25, 0.3) is 10.9 Å². The molecule has 5 nitrogen and oxygen atoms in total. The molecular formula is C15H12FN4OS+. The molecular weight excluding hydrogens is 303 g/mol. The Morgan fingerprint density at radius 3 is 2.73 bits per heavy atom. The number of nitrogens with one attached hydrogen (secondary N) is 1. The Morgan fingerprint density at radius 1 is 1.36 bits per heavy atom. The first-order valence-corrected chi connectivity index (χ1v) is 7.84. The van der Waals surface area contributed by atoms with Gasteiger partial charge in [-0.15, -0.1) is 0 Å². The number of nitrogens with two attached hydrogens (primary N) is 1. The van der Waals surface area contributed by atoms with E-state index in [1.165, 1.54) is 17.8 Å². The van der Waals surface area contributed by atoms with Crippen LogP contribution in [0.3, 0.4) is 0 Å². The van der Waals surface area contributed by atoms with E-state index in [9.17, 15) is 14.9 Å². The van der Waals surface area contributed by atoms with E-state index in [0.29, 0.717) is 17.9 Å². The molecule has 0 unspecified atom stereocenters. The van der Waals surface area contributed by atoms with Crippen molar-refractivity contribution in [3.63, 3.8) is 0 Å². The Kier molecular flexibility index (Phi) is 2.47. The van der Waals surface area contributed by atoms with E-state index in [1.807, 2.05) is 0 Å². The first-order valence-electron chi connectivity index (χ1n) is 6.85. The molecule has 0 aromatic heterocycles. The molecule has 0 amide bonds. The maximum absolute atomic E-state index is 14.3. The highest BCUT2D eigenvalue weighted by atomic mass is 32.2. The molecule has 1 aromatic rings. The third kappa shape index (κ3) is 1.14. The molecule has 1 saturated heterocycles. The fourth-order valence-corrected chi connectivity index (χ4v) is 5.35. The molecule has 0 bridgehead atoms. The van der Waals surface area contributed by atoms with Gasteiger partial charge in [0.05, 0.1) is 18.7 Å². The predicted molar refractivity (Wildman–Crippen MR) is 76.5 cm³/mol. The highest BCUT2D eigenvalue weighted by Gasteiger charge is 2.96. The van der Waals surface area contributed by atoms with Crippen LogP contribution in [0, 0.1) is 39.3 Å². The smallest absolute Gasteiger partial charge is 0.277 e. The Morgan fingerprint density at radius 2 is 2.14 bits per heavy atom. The number of thioether (sulfide) groups is 1. The van der Waals surface area contributed by atoms with Gasteiger partial charge in [0, 0.05) is 11.7 Å². The van der Waals surface area contributed by atoms with Gasteiger partial charge in [-0.2, -0.15) is 10.5 Å². The molecule has 2 aliphatic heterocycles. The van der Waals surface area contributed by atoms with E-state index in [2.05, 4.69) is 17.1 Å². The number of hydrogen-bond acceptors (Lipinski definition) is 5. The van der Waals surface area contributed by atoms with Gasteiger partial charge in [0.15, 0.2) is 10.8 Å². The number of nitriles is 2. The number of rotatable bonds is 1. The summed E-state index contributed by atoms with van der Waals surface area (Å²) in [5, 5.41) is 18.6. The quantitative estimate of drug-likeness (QED) is 0.749. The minimum Gasteiger partial charge on any atom is -0.327 e. The van der Waals surface area contributed by atoms with Crippen molar-refractivity contribution < 1.29 is 14.1 Å². The van der Waals surface area contributed by atoms with Crippen LogP contribution in [0.4, 0.5) is 4.39 Å². The van der Waals surface area contributed by atoms with Crippen LogP contribution in [0.15, 0.2) is 24.3 Å². The largest absolute Gasteiger partial charge is 0.327 e. The fourth-order valence-electron chi connectivity index (χ4n) is 3.99. The lowest BCUT2D eigenvalue weighted by molar-refractivity contribution is -0.583. The van der Waals surface area contributed by atoms with Crippen molar-refractivity contribution in [1.29, 1.82) is 10.5 Å². The number of nitrogens with zero attached hydrogens (tertiary/aromatic N) is 2. The molecule has 3 aliphatic rings. The average Bonchev–Trinajstić information content (AvgIpc) is 2.76. The van der Waals surface area contributed by atoms with E-state index in [0.717, 1.165) is 0 Å². The molecule has 0 radical (unpaired) electrons. The summed E-state index contributed by atoms with van der Waals surface area (Å²) in [6.45, 7) is 0.458. The SMILES string of the molecule is N#C[C@@]12[C@H](c3ccccc3F)[C@]1(C#N)C(N)=[NH+][C@@]21OCCS1. The van der Waals surface area contributed by atoms with Crippen LogP contribution >= 0.6 is 11.8 Å². The summed E-state index contributed by atoms with van der Waals surface area (Å²) >= 11 is 1.42. The molecule has 4 rings (SSSR count). The summed E-state index contributed by atoms with van der Waals surface area (Å²) in [5.41, 5.74) is 3.93. The van der Waals surface area contributed by atoms with Crippen LogP contribution in [0.25, 0.3) is 0 Å². The highest BCUT2D eigenvalue weighted by molar-refractivity contribution is 8.00. The minimum atomic E-state index is -1.26. The maximum atomic E-state index is 14.3. The number of benzene rings is 1. The first-order chi connectivity index (χ1) is 10.6. The molecule has 1 aromatic carbocycles. The Hall–Kier alpha value is -2.09. The maximum Gasteiger partial charge on any atom is 0.277 e. The van der Waals surface area contributed by atoms with Crippen LogP contribution in [0.5, 0.6) is 0 Å². The van der Waals surface area contributed by atoms with Crippen molar-refractivity contribution in [2.45, 2.75) is 11.0 Å². The number of fused-ring (bicyclic) bond motifs is 2. The van der Waals surface area contributed by atoms with Crippen molar-refractivity contribution >= 4 is 17.6 Å². The fraction of sp³-hybridized carbons (Fsp3) is 0.400. The first kappa shape index (κ1) is 13.6. The van der Waals surface area contributed by atoms with Gasteiger partial charge >= 0.3 is 0 Å². The monoisotopic (exact) mass is 315 g/mol. The van der Waals surface area contributed by atoms with Gasteiger partial charge in [-0.3, -0.25) is 5.73 Å². The van der Waals surface area contributed by atoms with Crippen LogP contribution in [0.2, 0.25) is 0 Å². The van der Waals surface area contributed by atoms with Crippen molar-refractivity contribution in [2.24, 2.45) is 16.6 Å². The lowest BCUT2D eigenvalue weighted by Gasteiger charge is -2.23. The third-order valence-electron chi connectivity index (χ3n) is 4.91. The van der Waals surface area contributed by atoms with Crippen LogP contribution in [0.1, 0.15) is 11.5 Å². The molecule has 3 N–H and O–H groups in total. The lowest BCUT2D eigenvalue weighted by atomic mass is 9.95. The van der Waals surface area contributed by atoms with Gasteiger partial charge in [-0.25, -0.2) is 9.38 Å². The summed E-state index contributed by atoms with van der Waals surface area (Å²) in [6, 6.07) is 10.6. The summed E-state index contributed by atoms with van der Waals surface area (Å²) < 4.78 is 20.1. The molecule has 110 valence electrons. The highest BCUT2D eigenvalue weighted by Crippen LogP contribution is 2.80. The molecule has 4 atom stereocenters. The van der Waals surface area contributed by atoms with Gasteiger partial charge in [0.1, 0.15) is 5.82 Å². The van der Waals surface area contributed by atoms with Crippen LogP contribution in [-0.2, 0) is 4.74 Å². The van der Waals surface area contributed by atoms with E-state index >= 15 is 0 Å². The topological polar surface area (TPSA) is 96.8 Å². The zero-order valence-electron chi connectivity index (χ0n) is 11.5. The number of hydrogen-bond donors (Lipinski definition) is 2. The second kappa shape index (κ2) is 4.01. The predicted octanol–water partition coefficient (Wildman–Crippen LogP) is -0.189. The lowest BCUT2D eigenvalue weighted by Crippen LogP contribution is -2.88. The Balaban J connectivity index is 1.97. The number of ether oxygens (including phenoxy) is 1. The molecule has 1 aliphatic carbocycles. The summed E-state index contributed by atoms with van der Waals surface area (Å²) in [5.74, 6) is -0.186. The zero-order chi connectivity index (χ0) is 15.6. The second-order valence-electron chi connectivity index (χ2n) is 5.65. The zero-order valence-corrected chi connectivity index (χ0v) is 12.3. The van der Waals surface area contributed by atoms with E-state index in [-0.39, 0.29) is 5.84 Å². The van der Waals surface area contributed by atoms with Gasteiger partial charge < -0.3 is 4.74 Å². The summed E-state index contributed by atoms with van der Waals surface area (Å²) in [7, 11) is 0. The normalized spacial score (nSPS) is 41.6. The summed E-state index contributed by atoms with van der Waals surface area (Å²) in [6.07, 6.45) is 0. The molecule has 1 spiro atoms. The second-order valence-corrected chi connectivity index (χ2v) is 6.92. The van der Waals surface area contributed by atoms with Crippen molar-refractivity contribution in [3.8, 4) is 12.1 Å². The molecule has 1 saturated carbocycles. The molecule has 22 heavy (non-hydrogen) atoms. The average molecular weight is 315 g/mol. The minimum absolute atomic E-state index is 0.194. The standard InChI is InChI=1S/C15H11FN4OS/c16-10-4-2-1-3-9(10)11-13(7-17)12(19)20-15(14(11,13)8-18)21-5-6-22-15/h1-4,11H,5-6H2,(H2,19,20)/p+1/t11-,13-,14-,15-/m1/s1. The van der Waals surface area contributed by atoms with E-state index in [4.69, 9.17) is 10.5 Å². The number of halogens is 1. The molecule has 2 fully saturated rings. The van der Waals surface area contributed by atoms with Crippen molar-refractivity contribution in [3.05, 3.63) is 35.6 Å².